The molecule has 0 saturated heterocycles. The van der Waals surface area contributed by atoms with Gasteiger partial charge in [-0.05, 0) is 43.5 Å². The number of allylic oxidation sites excluding steroid dienone is 1. The lowest BCUT2D eigenvalue weighted by Gasteiger charge is -2.16. The van der Waals surface area contributed by atoms with Crippen LogP contribution in [-0.2, 0) is 9.53 Å². The van der Waals surface area contributed by atoms with Gasteiger partial charge in [0.15, 0.2) is 0 Å². The molecule has 0 spiro atoms. The van der Waals surface area contributed by atoms with E-state index in [2.05, 4.69) is 11.9 Å². The van der Waals surface area contributed by atoms with Gasteiger partial charge in [0.2, 0.25) is 0 Å². The summed E-state index contributed by atoms with van der Waals surface area (Å²) in [6.45, 7) is 3.62. The third-order valence-electron chi connectivity index (χ3n) is 2.80. The van der Waals surface area contributed by atoms with Crippen molar-refractivity contribution in [2.45, 2.75) is 25.3 Å². The molecule has 1 aromatic carbocycles. The van der Waals surface area contributed by atoms with Crippen LogP contribution < -0.4 is 5.32 Å². The van der Waals surface area contributed by atoms with Crippen molar-refractivity contribution < 1.29 is 14.3 Å². The lowest BCUT2D eigenvalue weighted by atomic mass is 10.1. The molecule has 1 aromatic rings. The minimum Gasteiger partial charge on any atom is -0.467 e. The maximum atomic E-state index is 12.0. The van der Waals surface area contributed by atoms with Gasteiger partial charge in [-0.15, -0.1) is 6.58 Å². The van der Waals surface area contributed by atoms with E-state index < -0.39 is 12.0 Å². The van der Waals surface area contributed by atoms with Crippen molar-refractivity contribution in [3.63, 3.8) is 0 Å². The molecule has 1 rings (SSSR count). The Balaban J connectivity index is 2.67. The first-order valence-electron chi connectivity index (χ1n) is 6.33. The molecular weight excluding hydrogens is 278 g/mol. The largest absolute Gasteiger partial charge is 0.467 e. The molecule has 1 amide bonds. The molecule has 0 radical (unpaired) electrons. The minimum absolute atomic E-state index is 0.323. The summed E-state index contributed by atoms with van der Waals surface area (Å²) < 4.78 is 4.70. The number of carbonyl (C=O) groups excluding carboxylic acids is 2. The van der Waals surface area contributed by atoms with Crippen LogP contribution in [0.15, 0.2) is 36.9 Å². The summed E-state index contributed by atoms with van der Waals surface area (Å²) >= 11 is 5.76. The fraction of sp³-hybridized carbons (Fsp3) is 0.333. The number of benzene rings is 1. The summed E-state index contributed by atoms with van der Waals surface area (Å²) in [6.07, 6.45) is 3.82. The summed E-state index contributed by atoms with van der Waals surface area (Å²) in [5.74, 6) is -0.771. The fourth-order valence-electron chi connectivity index (χ4n) is 1.70. The quantitative estimate of drug-likeness (QED) is 0.478. The smallest absolute Gasteiger partial charge is 0.328 e. The average Bonchev–Trinajstić information content (AvgIpc) is 2.46. The van der Waals surface area contributed by atoms with Crippen molar-refractivity contribution in [2.75, 3.05) is 7.11 Å². The molecule has 5 heteroatoms. The van der Waals surface area contributed by atoms with Crippen LogP contribution in [0, 0.1) is 0 Å². The molecule has 4 nitrogen and oxygen atoms in total. The number of carbonyl (C=O) groups is 2. The zero-order valence-corrected chi connectivity index (χ0v) is 12.2. The molecule has 0 saturated carbocycles. The monoisotopic (exact) mass is 295 g/mol. The molecule has 20 heavy (non-hydrogen) atoms. The van der Waals surface area contributed by atoms with Crippen molar-refractivity contribution in [1.82, 2.24) is 5.32 Å². The number of hydrogen-bond donors (Lipinski definition) is 1. The first kappa shape index (κ1) is 16.2. The van der Waals surface area contributed by atoms with Crippen molar-refractivity contribution in [1.29, 1.82) is 0 Å². The number of nitrogens with one attached hydrogen (secondary N) is 1. The first-order chi connectivity index (χ1) is 9.58. The molecule has 0 bridgehead atoms. The molecule has 1 atom stereocenters. The Bertz CT molecular complexity index is 471. The van der Waals surface area contributed by atoms with Gasteiger partial charge in [-0.25, -0.2) is 4.79 Å². The van der Waals surface area contributed by atoms with Gasteiger partial charge in [0.05, 0.1) is 7.11 Å². The van der Waals surface area contributed by atoms with E-state index in [9.17, 15) is 9.59 Å². The third-order valence-corrected chi connectivity index (χ3v) is 3.05. The molecular formula is C15H18ClNO3. The van der Waals surface area contributed by atoms with Gasteiger partial charge in [-0.2, -0.15) is 0 Å². The van der Waals surface area contributed by atoms with Gasteiger partial charge in [0.1, 0.15) is 6.04 Å². The number of methoxy groups -OCH3 is 1. The van der Waals surface area contributed by atoms with Crippen molar-refractivity contribution in [3.05, 3.63) is 47.5 Å². The van der Waals surface area contributed by atoms with Crippen LogP contribution in [0.5, 0.6) is 0 Å². The van der Waals surface area contributed by atoms with Gasteiger partial charge >= 0.3 is 5.97 Å². The first-order valence-corrected chi connectivity index (χ1v) is 6.71. The molecule has 0 unspecified atom stereocenters. The second-order valence-electron chi connectivity index (χ2n) is 4.28. The van der Waals surface area contributed by atoms with Crippen LogP contribution in [0.2, 0.25) is 5.02 Å². The number of halogens is 1. The van der Waals surface area contributed by atoms with Gasteiger partial charge in [-0.3, -0.25) is 4.79 Å². The molecule has 108 valence electrons. The zero-order chi connectivity index (χ0) is 15.0. The minimum atomic E-state index is -0.650. The Morgan fingerprint density at radius 2 is 2.05 bits per heavy atom. The van der Waals surface area contributed by atoms with E-state index in [-0.39, 0.29) is 5.91 Å². The normalized spacial score (nSPS) is 11.5. The maximum absolute atomic E-state index is 12.0. The third kappa shape index (κ3) is 5.05. The Morgan fingerprint density at radius 3 is 2.60 bits per heavy atom. The van der Waals surface area contributed by atoms with Gasteiger partial charge < -0.3 is 10.1 Å². The highest BCUT2D eigenvalue weighted by Crippen LogP contribution is 2.10. The van der Waals surface area contributed by atoms with Crippen LogP contribution in [0.1, 0.15) is 29.6 Å². The standard InChI is InChI=1S/C15H18ClNO3/c1-3-4-5-6-13(15(19)20-2)17-14(18)11-7-9-12(16)10-8-11/h3,7-10,13H,1,4-6H2,2H3,(H,17,18)/t13-/m0/s1. The van der Waals surface area contributed by atoms with Gasteiger partial charge in [0.25, 0.3) is 5.91 Å². The zero-order valence-electron chi connectivity index (χ0n) is 11.4. The number of unbranched alkanes of at least 4 members (excludes halogenated alkanes) is 1. The van der Waals surface area contributed by atoms with E-state index in [1.54, 1.807) is 30.3 Å². The number of ether oxygens (including phenoxy) is 1. The summed E-state index contributed by atoms with van der Waals surface area (Å²) in [7, 11) is 1.30. The Hall–Kier alpha value is -1.81. The van der Waals surface area contributed by atoms with Gasteiger partial charge in [-0.1, -0.05) is 17.7 Å². The van der Waals surface area contributed by atoms with Crippen molar-refractivity contribution in [2.24, 2.45) is 0 Å². The van der Waals surface area contributed by atoms with Crippen LogP contribution in [0.25, 0.3) is 0 Å². The van der Waals surface area contributed by atoms with Crippen LogP contribution >= 0.6 is 11.6 Å². The second-order valence-corrected chi connectivity index (χ2v) is 4.71. The lowest BCUT2D eigenvalue weighted by Crippen LogP contribution is -2.41. The highest BCUT2D eigenvalue weighted by molar-refractivity contribution is 6.30. The van der Waals surface area contributed by atoms with E-state index in [0.717, 1.165) is 12.8 Å². The summed E-state index contributed by atoms with van der Waals surface area (Å²) in [5, 5.41) is 3.22. The molecule has 0 heterocycles. The fourth-order valence-corrected chi connectivity index (χ4v) is 1.83. The van der Waals surface area contributed by atoms with Crippen LogP contribution in [-0.4, -0.2) is 25.0 Å². The van der Waals surface area contributed by atoms with Crippen LogP contribution in [0.4, 0.5) is 0 Å². The molecule has 0 aliphatic carbocycles. The Morgan fingerprint density at radius 1 is 1.40 bits per heavy atom. The second kappa shape index (κ2) is 8.38. The number of rotatable bonds is 7. The average molecular weight is 296 g/mol. The van der Waals surface area contributed by atoms with E-state index in [1.165, 1.54) is 7.11 Å². The van der Waals surface area contributed by atoms with Crippen molar-refractivity contribution >= 4 is 23.5 Å². The number of amides is 1. The number of hydrogen-bond acceptors (Lipinski definition) is 3. The highest BCUT2D eigenvalue weighted by Gasteiger charge is 2.21. The van der Waals surface area contributed by atoms with E-state index in [1.807, 2.05) is 0 Å². The predicted octanol–water partition coefficient (Wildman–Crippen LogP) is 2.97. The summed E-state index contributed by atoms with van der Waals surface area (Å²) in [4.78, 5) is 23.7. The molecule has 0 fully saturated rings. The topological polar surface area (TPSA) is 55.4 Å². The van der Waals surface area contributed by atoms with E-state index in [0.29, 0.717) is 17.0 Å². The molecule has 0 aliphatic heterocycles. The Labute approximate surface area is 123 Å². The predicted molar refractivity (Wildman–Crippen MR) is 78.8 cm³/mol. The summed E-state index contributed by atoms with van der Waals surface area (Å²) in [5.41, 5.74) is 0.451. The highest BCUT2D eigenvalue weighted by atomic mass is 35.5. The maximum Gasteiger partial charge on any atom is 0.328 e. The summed E-state index contributed by atoms with van der Waals surface area (Å²) in [6, 6.07) is 5.82. The van der Waals surface area contributed by atoms with E-state index >= 15 is 0 Å². The SMILES string of the molecule is C=CCCC[C@H](NC(=O)c1ccc(Cl)cc1)C(=O)OC. The number of esters is 1. The Kier molecular flexibility index (Phi) is 6.81. The molecule has 0 aromatic heterocycles. The molecule has 0 aliphatic rings. The van der Waals surface area contributed by atoms with Gasteiger partial charge in [0, 0.05) is 10.6 Å². The lowest BCUT2D eigenvalue weighted by molar-refractivity contribution is -0.143. The van der Waals surface area contributed by atoms with E-state index in [4.69, 9.17) is 16.3 Å². The van der Waals surface area contributed by atoms with Crippen molar-refractivity contribution in [3.8, 4) is 0 Å². The molecule has 1 N–H and O–H groups in total. The van der Waals surface area contributed by atoms with Crippen LogP contribution in [0.3, 0.4) is 0 Å².